The molecular weight excluding hydrogens is 292 g/mol. The Kier molecular flexibility index (Phi) is 19.4. The summed E-state index contributed by atoms with van der Waals surface area (Å²) in [5.74, 6) is -3.56. The summed E-state index contributed by atoms with van der Waals surface area (Å²) in [7, 11) is 0. The molecule has 0 aromatic carbocycles. The SMILES string of the molecule is C=C(C)C(=O)[O-].C=C(C)C(=O)[O-].C=C(C)C(=O)[O-].[Cr+3]. The number of hydrogen-bond donors (Lipinski definition) is 0. The van der Waals surface area contributed by atoms with Crippen molar-refractivity contribution in [3.63, 3.8) is 0 Å². The van der Waals surface area contributed by atoms with Gasteiger partial charge in [0, 0.05) is 0 Å². The summed E-state index contributed by atoms with van der Waals surface area (Å²) in [5, 5.41) is 28.5. The van der Waals surface area contributed by atoms with Gasteiger partial charge in [-0.25, -0.2) is 0 Å². The first-order valence-corrected chi connectivity index (χ1v) is 4.54. The van der Waals surface area contributed by atoms with Crippen LogP contribution in [0.4, 0.5) is 0 Å². The molecule has 105 valence electrons. The second-order valence-electron chi connectivity index (χ2n) is 3.20. The van der Waals surface area contributed by atoms with Gasteiger partial charge in [-0.05, 0) is 37.5 Å². The average molecular weight is 307 g/mol. The molecule has 19 heavy (non-hydrogen) atoms. The molecule has 0 aliphatic carbocycles. The van der Waals surface area contributed by atoms with Crippen LogP contribution in [0, 0.1) is 0 Å². The Labute approximate surface area is 122 Å². The third-order valence-electron chi connectivity index (χ3n) is 1.05. The number of hydrogen-bond acceptors (Lipinski definition) is 6. The zero-order valence-electron chi connectivity index (χ0n) is 11.0. The Balaban J connectivity index is -0.0000000865. The average Bonchev–Trinajstić information content (AvgIpc) is 2.18. The van der Waals surface area contributed by atoms with Crippen molar-refractivity contribution < 1.29 is 47.1 Å². The standard InChI is InChI=1S/3C4H6O2.Cr/c3*1-3(2)4(5)6;/h3*1H2,2H3,(H,5,6);/q;;;+3/p-3. The molecular formula is C12H15CrO6. The van der Waals surface area contributed by atoms with E-state index in [1.54, 1.807) is 0 Å². The molecule has 0 atom stereocenters. The van der Waals surface area contributed by atoms with Crippen molar-refractivity contribution in [2.45, 2.75) is 20.8 Å². The number of carboxylic acids is 3. The van der Waals surface area contributed by atoms with E-state index in [1.807, 2.05) is 0 Å². The van der Waals surface area contributed by atoms with E-state index in [9.17, 15) is 29.7 Å². The van der Waals surface area contributed by atoms with E-state index >= 15 is 0 Å². The minimum atomic E-state index is -1.19. The minimum Gasteiger partial charge on any atom is -0.545 e. The third kappa shape index (κ3) is 31.4. The molecule has 0 fully saturated rings. The summed E-state index contributed by atoms with van der Waals surface area (Å²) in [4.78, 5) is 28.5. The maximum absolute atomic E-state index is 9.49. The molecule has 7 heteroatoms. The van der Waals surface area contributed by atoms with Crippen LogP contribution in [0.1, 0.15) is 20.8 Å². The summed E-state index contributed by atoms with van der Waals surface area (Å²) in [6.45, 7) is 13.4. The van der Waals surface area contributed by atoms with Gasteiger partial charge >= 0.3 is 17.4 Å². The normalized spacial score (nSPS) is 7.11. The van der Waals surface area contributed by atoms with Gasteiger partial charge in [-0.3, -0.25) is 0 Å². The first kappa shape index (κ1) is 25.9. The molecule has 0 aromatic heterocycles. The molecule has 0 aliphatic heterocycles. The molecule has 0 heterocycles. The van der Waals surface area contributed by atoms with Crippen LogP contribution in [0.3, 0.4) is 0 Å². The van der Waals surface area contributed by atoms with Gasteiger partial charge in [0.05, 0.1) is 17.9 Å². The van der Waals surface area contributed by atoms with Gasteiger partial charge in [0.15, 0.2) is 0 Å². The summed E-state index contributed by atoms with van der Waals surface area (Å²) in [5.41, 5.74) is 0.194. The van der Waals surface area contributed by atoms with Crippen molar-refractivity contribution in [2.24, 2.45) is 0 Å². The van der Waals surface area contributed by atoms with Crippen LogP contribution in [0.5, 0.6) is 0 Å². The second-order valence-corrected chi connectivity index (χ2v) is 3.20. The van der Waals surface area contributed by atoms with Crippen LogP contribution >= 0.6 is 0 Å². The fourth-order valence-corrected chi connectivity index (χ4v) is 0. The van der Waals surface area contributed by atoms with Crippen LogP contribution in [0.15, 0.2) is 36.5 Å². The van der Waals surface area contributed by atoms with Gasteiger partial charge in [0.1, 0.15) is 0 Å². The van der Waals surface area contributed by atoms with E-state index < -0.39 is 17.9 Å². The molecule has 0 amide bonds. The van der Waals surface area contributed by atoms with E-state index in [4.69, 9.17) is 0 Å². The maximum Gasteiger partial charge on any atom is 3.00 e. The van der Waals surface area contributed by atoms with E-state index in [0.717, 1.165) is 0 Å². The topological polar surface area (TPSA) is 120 Å². The summed E-state index contributed by atoms with van der Waals surface area (Å²) < 4.78 is 0. The van der Waals surface area contributed by atoms with E-state index in [0.29, 0.717) is 0 Å². The van der Waals surface area contributed by atoms with E-state index in [2.05, 4.69) is 19.7 Å². The molecule has 0 unspecified atom stereocenters. The van der Waals surface area contributed by atoms with Gasteiger partial charge in [-0.2, -0.15) is 0 Å². The predicted molar refractivity (Wildman–Crippen MR) is 59.5 cm³/mol. The van der Waals surface area contributed by atoms with Crippen molar-refractivity contribution in [3.8, 4) is 0 Å². The number of carbonyl (C=O) groups excluding carboxylic acids is 3. The molecule has 1 radical (unpaired) electrons. The number of carbonyl (C=O) groups is 3. The van der Waals surface area contributed by atoms with Crippen LogP contribution < -0.4 is 15.3 Å². The quantitative estimate of drug-likeness (QED) is 0.553. The molecule has 0 aromatic rings. The molecule has 0 saturated heterocycles. The molecule has 0 bridgehead atoms. The van der Waals surface area contributed by atoms with Gasteiger partial charge in [0.2, 0.25) is 0 Å². The maximum atomic E-state index is 9.49. The Bertz CT molecular complexity index is 277. The van der Waals surface area contributed by atoms with Gasteiger partial charge in [-0.1, -0.05) is 19.7 Å². The first-order chi connectivity index (χ1) is 7.93. The van der Waals surface area contributed by atoms with E-state index in [-0.39, 0.29) is 34.1 Å². The van der Waals surface area contributed by atoms with Gasteiger partial charge in [0.25, 0.3) is 0 Å². The number of carboxylic acid groups (broad SMARTS) is 3. The molecule has 0 N–H and O–H groups in total. The zero-order valence-corrected chi connectivity index (χ0v) is 12.3. The molecule has 0 spiro atoms. The second kappa shape index (κ2) is 14.2. The number of aliphatic carboxylic acids is 3. The third-order valence-corrected chi connectivity index (χ3v) is 1.05. The Morgan fingerprint density at radius 3 is 0.684 bits per heavy atom. The van der Waals surface area contributed by atoms with E-state index in [1.165, 1.54) is 20.8 Å². The Morgan fingerprint density at radius 2 is 0.684 bits per heavy atom. The molecule has 0 rings (SSSR count). The van der Waals surface area contributed by atoms with Crippen LogP contribution in [0.2, 0.25) is 0 Å². The smallest absolute Gasteiger partial charge is 0.545 e. The van der Waals surface area contributed by atoms with Gasteiger partial charge < -0.3 is 29.7 Å². The van der Waals surface area contributed by atoms with Crippen LogP contribution in [-0.2, 0) is 31.7 Å². The van der Waals surface area contributed by atoms with Crippen molar-refractivity contribution in [2.75, 3.05) is 0 Å². The molecule has 0 saturated carbocycles. The van der Waals surface area contributed by atoms with Crippen molar-refractivity contribution in [1.29, 1.82) is 0 Å². The predicted octanol–water partition coefficient (Wildman–Crippen LogP) is -2.07. The van der Waals surface area contributed by atoms with Crippen LogP contribution in [0.25, 0.3) is 0 Å². The Morgan fingerprint density at radius 1 is 0.632 bits per heavy atom. The fourth-order valence-electron chi connectivity index (χ4n) is 0. The van der Waals surface area contributed by atoms with Crippen molar-refractivity contribution in [1.82, 2.24) is 0 Å². The van der Waals surface area contributed by atoms with Crippen molar-refractivity contribution in [3.05, 3.63) is 36.5 Å². The summed E-state index contributed by atoms with van der Waals surface area (Å²) >= 11 is 0. The monoisotopic (exact) mass is 307 g/mol. The zero-order chi connectivity index (χ0) is 15.5. The van der Waals surface area contributed by atoms with Crippen LogP contribution in [-0.4, -0.2) is 17.9 Å². The summed E-state index contributed by atoms with van der Waals surface area (Å²) in [6.07, 6.45) is 0. The molecule has 0 aliphatic rings. The van der Waals surface area contributed by atoms with Crippen molar-refractivity contribution >= 4 is 17.9 Å². The number of rotatable bonds is 3. The van der Waals surface area contributed by atoms with Gasteiger partial charge in [-0.15, -0.1) is 0 Å². The minimum absolute atomic E-state index is 0. The Hall–Kier alpha value is -1.84. The largest absolute Gasteiger partial charge is 3.00 e. The molecule has 6 nitrogen and oxygen atoms in total. The fraction of sp³-hybridized carbons (Fsp3) is 0.250. The summed E-state index contributed by atoms with van der Waals surface area (Å²) in [6, 6.07) is 0. The first-order valence-electron chi connectivity index (χ1n) is 4.54.